The van der Waals surface area contributed by atoms with Gasteiger partial charge in [0.05, 0.1) is 25.5 Å². The zero-order chi connectivity index (χ0) is 21.5. The van der Waals surface area contributed by atoms with Crippen LogP contribution in [0.15, 0.2) is 16.9 Å². The molecule has 30 heavy (non-hydrogen) atoms. The Morgan fingerprint density at radius 2 is 2.03 bits per heavy atom. The smallest absolute Gasteiger partial charge is 0.379 e. The number of carbonyl (C=O) groups excluding carboxylic acids is 1. The van der Waals surface area contributed by atoms with Gasteiger partial charge in [-0.05, 0) is 13.8 Å². The second-order valence-corrected chi connectivity index (χ2v) is 7.96. The summed E-state index contributed by atoms with van der Waals surface area (Å²) in [5.41, 5.74) is 0.0860. The number of anilines is 1. The van der Waals surface area contributed by atoms with Crippen molar-refractivity contribution in [1.82, 2.24) is 20.0 Å². The summed E-state index contributed by atoms with van der Waals surface area (Å²) in [5.74, 6) is 0.818. The molecule has 2 aliphatic heterocycles. The topological polar surface area (TPSA) is 84.6 Å². The van der Waals surface area contributed by atoms with Gasteiger partial charge >= 0.3 is 6.18 Å². The van der Waals surface area contributed by atoms with Crippen LogP contribution in [0.25, 0.3) is 0 Å². The fourth-order valence-electron chi connectivity index (χ4n) is 4.11. The molecule has 0 N–H and O–H groups in total. The fourth-order valence-corrected chi connectivity index (χ4v) is 4.11. The molecule has 11 heteroatoms. The number of hydrogen-bond acceptors (Lipinski definition) is 7. The van der Waals surface area contributed by atoms with Crippen molar-refractivity contribution < 1.29 is 27.2 Å². The number of rotatable bonds is 3. The van der Waals surface area contributed by atoms with E-state index in [1.165, 1.54) is 0 Å². The number of nitrogens with zero attached hydrogens (tertiary/aromatic N) is 5. The number of alkyl halides is 3. The Labute approximate surface area is 171 Å². The molecule has 2 aromatic heterocycles. The molecule has 0 saturated carbocycles. The highest BCUT2D eigenvalue weighted by atomic mass is 19.4. The van der Waals surface area contributed by atoms with Gasteiger partial charge in [0.2, 0.25) is 5.91 Å². The van der Waals surface area contributed by atoms with Gasteiger partial charge in [0.25, 0.3) is 0 Å². The van der Waals surface area contributed by atoms with Crippen LogP contribution in [0.3, 0.4) is 0 Å². The van der Waals surface area contributed by atoms with Crippen LogP contribution >= 0.6 is 0 Å². The molecule has 1 spiro atoms. The normalized spacial score (nSPS) is 22.8. The Bertz CT molecular complexity index is 928. The molecule has 0 unspecified atom stereocenters. The molecule has 1 atom stereocenters. The summed E-state index contributed by atoms with van der Waals surface area (Å²) in [6.45, 7) is 5.88. The standard InChI is InChI=1S/C19H22F3N5O3/c1-12-14(13(2)30-25-12)7-27-9-18(6-17(27)28)8-26(3-4-29-10-18)16-5-15(19(20,21)22)23-11-24-16/h5,11H,3-4,6-10H2,1-2H3/t18-/m1/s1. The molecule has 0 bridgehead atoms. The number of amides is 1. The number of aryl methyl sites for hydroxylation is 2. The molecule has 4 heterocycles. The van der Waals surface area contributed by atoms with Crippen LogP contribution in [0.2, 0.25) is 0 Å². The van der Waals surface area contributed by atoms with Gasteiger partial charge in [-0.25, -0.2) is 9.97 Å². The van der Waals surface area contributed by atoms with Crippen LogP contribution in [-0.4, -0.2) is 58.8 Å². The van der Waals surface area contributed by atoms with Gasteiger partial charge in [-0.15, -0.1) is 0 Å². The third kappa shape index (κ3) is 3.98. The zero-order valence-electron chi connectivity index (χ0n) is 16.7. The quantitative estimate of drug-likeness (QED) is 0.746. The molecule has 0 aromatic carbocycles. The summed E-state index contributed by atoms with van der Waals surface area (Å²) < 4.78 is 50.1. The van der Waals surface area contributed by atoms with E-state index in [4.69, 9.17) is 9.26 Å². The average molecular weight is 425 g/mol. The minimum absolute atomic E-state index is 0.0286. The number of likely N-dealkylation sites (tertiary alicyclic amines) is 1. The first kappa shape index (κ1) is 20.6. The van der Waals surface area contributed by atoms with E-state index in [9.17, 15) is 18.0 Å². The maximum absolute atomic E-state index is 13.1. The molecule has 1 amide bonds. The summed E-state index contributed by atoms with van der Waals surface area (Å²) in [7, 11) is 0. The Morgan fingerprint density at radius 1 is 1.23 bits per heavy atom. The van der Waals surface area contributed by atoms with E-state index < -0.39 is 17.3 Å². The first-order valence-corrected chi connectivity index (χ1v) is 9.58. The molecule has 2 aliphatic rings. The van der Waals surface area contributed by atoms with Crippen LogP contribution in [0.1, 0.15) is 29.1 Å². The average Bonchev–Trinajstić information content (AvgIpc) is 3.07. The van der Waals surface area contributed by atoms with E-state index in [0.29, 0.717) is 45.2 Å². The molecule has 0 aliphatic carbocycles. The highest BCUT2D eigenvalue weighted by Gasteiger charge is 2.46. The van der Waals surface area contributed by atoms with E-state index in [2.05, 4.69) is 15.1 Å². The van der Waals surface area contributed by atoms with Crippen LogP contribution < -0.4 is 4.90 Å². The molecule has 162 valence electrons. The predicted octanol–water partition coefficient (Wildman–Crippen LogP) is 2.36. The lowest BCUT2D eigenvalue weighted by Crippen LogP contribution is -2.41. The lowest BCUT2D eigenvalue weighted by Gasteiger charge is -2.32. The number of hydrogen-bond donors (Lipinski definition) is 0. The van der Waals surface area contributed by atoms with Gasteiger partial charge in [-0.2, -0.15) is 13.2 Å². The van der Waals surface area contributed by atoms with E-state index in [1.54, 1.807) is 16.7 Å². The number of aromatic nitrogens is 3. The van der Waals surface area contributed by atoms with Crippen molar-refractivity contribution in [1.29, 1.82) is 0 Å². The SMILES string of the molecule is Cc1noc(C)c1CN1C[C@@]2(COCCN(c3cc(C(F)(F)F)ncn3)C2)CC1=O. The fraction of sp³-hybridized carbons (Fsp3) is 0.579. The Balaban J connectivity index is 1.55. The largest absolute Gasteiger partial charge is 0.433 e. The van der Waals surface area contributed by atoms with Crippen molar-refractivity contribution in [2.75, 3.05) is 37.7 Å². The highest BCUT2D eigenvalue weighted by molar-refractivity contribution is 5.79. The summed E-state index contributed by atoms with van der Waals surface area (Å²) >= 11 is 0. The van der Waals surface area contributed by atoms with Crippen molar-refractivity contribution in [2.45, 2.75) is 33.0 Å². The Hall–Kier alpha value is -2.69. The highest BCUT2D eigenvalue weighted by Crippen LogP contribution is 2.37. The molecule has 0 radical (unpaired) electrons. The van der Waals surface area contributed by atoms with Crippen molar-refractivity contribution in [2.24, 2.45) is 5.41 Å². The minimum Gasteiger partial charge on any atom is -0.379 e. The predicted molar refractivity (Wildman–Crippen MR) is 98.5 cm³/mol. The van der Waals surface area contributed by atoms with Crippen molar-refractivity contribution in [3.63, 3.8) is 0 Å². The van der Waals surface area contributed by atoms with E-state index in [0.717, 1.165) is 23.7 Å². The molecular weight excluding hydrogens is 403 g/mol. The molecule has 4 rings (SSSR count). The monoisotopic (exact) mass is 425 g/mol. The van der Waals surface area contributed by atoms with Crippen molar-refractivity contribution in [3.8, 4) is 0 Å². The maximum Gasteiger partial charge on any atom is 0.433 e. The summed E-state index contributed by atoms with van der Waals surface area (Å²) in [6.07, 6.45) is -3.38. The molecule has 8 nitrogen and oxygen atoms in total. The third-order valence-corrected chi connectivity index (χ3v) is 5.64. The third-order valence-electron chi connectivity index (χ3n) is 5.64. The summed E-state index contributed by atoms with van der Waals surface area (Å²) in [4.78, 5) is 23.6. The molecule has 2 saturated heterocycles. The lowest BCUT2D eigenvalue weighted by molar-refractivity contribution is -0.141. The van der Waals surface area contributed by atoms with E-state index >= 15 is 0 Å². The van der Waals surface area contributed by atoms with E-state index in [-0.39, 0.29) is 18.1 Å². The van der Waals surface area contributed by atoms with Gasteiger partial charge in [-0.3, -0.25) is 4.79 Å². The second-order valence-electron chi connectivity index (χ2n) is 7.96. The molecule has 2 aromatic rings. The van der Waals surface area contributed by atoms with Gasteiger partial charge in [0.1, 0.15) is 23.6 Å². The molecular formula is C19H22F3N5O3. The van der Waals surface area contributed by atoms with Gasteiger partial charge < -0.3 is 19.1 Å². The summed E-state index contributed by atoms with van der Waals surface area (Å²) in [6, 6.07) is 0.942. The Morgan fingerprint density at radius 3 is 2.73 bits per heavy atom. The zero-order valence-corrected chi connectivity index (χ0v) is 16.7. The van der Waals surface area contributed by atoms with Crippen LogP contribution in [0, 0.1) is 19.3 Å². The number of carbonyl (C=O) groups is 1. The first-order chi connectivity index (χ1) is 14.2. The summed E-state index contributed by atoms with van der Waals surface area (Å²) in [5, 5.41) is 3.93. The van der Waals surface area contributed by atoms with Gasteiger partial charge in [0.15, 0.2) is 0 Å². The maximum atomic E-state index is 13.1. The number of halogens is 3. The Kier molecular flexibility index (Phi) is 5.16. The van der Waals surface area contributed by atoms with Crippen LogP contribution in [0.5, 0.6) is 0 Å². The van der Waals surface area contributed by atoms with Crippen molar-refractivity contribution in [3.05, 3.63) is 35.1 Å². The van der Waals surface area contributed by atoms with Crippen LogP contribution in [0.4, 0.5) is 19.0 Å². The first-order valence-electron chi connectivity index (χ1n) is 9.58. The minimum atomic E-state index is -4.55. The lowest BCUT2D eigenvalue weighted by atomic mass is 9.87. The molecule has 2 fully saturated rings. The number of ether oxygens (including phenoxy) is 1. The van der Waals surface area contributed by atoms with E-state index in [1.807, 2.05) is 6.92 Å². The van der Waals surface area contributed by atoms with Crippen LogP contribution in [-0.2, 0) is 22.3 Å². The second kappa shape index (κ2) is 7.53. The van der Waals surface area contributed by atoms with Gasteiger partial charge in [0, 0.05) is 43.1 Å². The van der Waals surface area contributed by atoms with Gasteiger partial charge in [-0.1, -0.05) is 5.16 Å². The van der Waals surface area contributed by atoms with Crippen molar-refractivity contribution >= 4 is 11.7 Å².